The molecule has 0 radical (unpaired) electrons. The van der Waals surface area contributed by atoms with Gasteiger partial charge in [0.2, 0.25) is 0 Å². The number of aliphatic hydroxyl groups is 3. The Morgan fingerprint density at radius 3 is 2.16 bits per heavy atom. The zero-order valence-corrected chi connectivity index (χ0v) is 25.4. The molecular weight excluding hydrogens is 490 g/mol. The van der Waals surface area contributed by atoms with Crippen molar-refractivity contribution in [2.24, 2.45) is 22.2 Å². The number of aldehydes is 1. The molecule has 8 heteroatoms. The summed E-state index contributed by atoms with van der Waals surface area (Å²) in [5, 5.41) is 28.7. The van der Waals surface area contributed by atoms with Gasteiger partial charge in [0.25, 0.3) is 0 Å². The van der Waals surface area contributed by atoms with Crippen molar-refractivity contribution in [3.63, 3.8) is 0 Å². The van der Waals surface area contributed by atoms with Crippen molar-refractivity contribution >= 4 is 31.1 Å². The highest BCUT2D eigenvalue weighted by Crippen LogP contribution is 2.21. The van der Waals surface area contributed by atoms with Crippen LogP contribution in [-0.4, -0.2) is 59.7 Å². The van der Waals surface area contributed by atoms with Crippen molar-refractivity contribution in [3.8, 4) is 0 Å². The molecule has 7 nitrogen and oxygen atoms in total. The number of rotatable bonds is 15. The minimum Gasteiger partial charge on any atom is -0.465 e. The fourth-order valence-electron chi connectivity index (χ4n) is 3.19. The third kappa shape index (κ3) is 23.1. The van der Waals surface area contributed by atoms with Gasteiger partial charge in [0.15, 0.2) is 0 Å². The van der Waals surface area contributed by atoms with Crippen LogP contribution in [-0.2, 0) is 14.3 Å². The van der Waals surface area contributed by atoms with E-state index in [9.17, 15) is 19.8 Å². The van der Waals surface area contributed by atoms with Crippen LogP contribution in [0.15, 0.2) is 39.9 Å². The lowest BCUT2D eigenvalue weighted by Crippen LogP contribution is -2.33. The Balaban J connectivity index is -0.000000880. The first-order chi connectivity index (χ1) is 17.3. The molecule has 0 saturated carbocycles. The van der Waals surface area contributed by atoms with Crippen LogP contribution in [0, 0.1) is 17.3 Å². The number of aliphatic imine (C=N–C) groups is 1. The molecule has 0 aromatic carbocycles. The van der Waals surface area contributed by atoms with Gasteiger partial charge in [-0.1, -0.05) is 46.8 Å². The van der Waals surface area contributed by atoms with Gasteiger partial charge in [-0.15, -0.1) is 12.6 Å². The number of allylic oxidation sites excluding steroid dienone is 2. The van der Waals surface area contributed by atoms with E-state index in [4.69, 9.17) is 9.84 Å². The summed E-state index contributed by atoms with van der Waals surface area (Å²) < 4.78 is 5.08. The lowest BCUT2D eigenvalue weighted by atomic mass is 9.86. The maximum absolute atomic E-state index is 11.7. The van der Waals surface area contributed by atoms with Gasteiger partial charge >= 0.3 is 5.97 Å². The Morgan fingerprint density at radius 1 is 1.11 bits per heavy atom. The maximum Gasteiger partial charge on any atom is 0.308 e. The van der Waals surface area contributed by atoms with E-state index in [-0.39, 0.29) is 13.0 Å². The van der Waals surface area contributed by atoms with Gasteiger partial charge in [0.1, 0.15) is 6.29 Å². The molecule has 0 aliphatic carbocycles. The topological polar surface area (TPSA) is 116 Å². The molecule has 0 spiro atoms. The van der Waals surface area contributed by atoms with E-state index in [0.717, 1.165) is 37.6 Å². The van der Waals surface area contributed by atoms with Crippen molar-refractivity contribution in [1.29, 1.82) is 0 Å². The van der Waals surface area contributed by atoms with Gasteiger partial charge in [-0.05, 0) is 75.3 Å². The zero-order valence-electron chi connectivity index (χ0n) is 24.5. The molecule has 0 aliphatic rings. The predicted molar refractivity (Wildman–Crippen MR) is 158 cm³/mol. The van der Waals surface area contributed by atoms with E-state index >= 15 is 0 Å². The first-order valence-corrected chi connectivity index (χ1v) is 13.4. The van der Waals surface area contributed by atoms with E-state index < -0.39 is 23.6 Å². The van der Waals surface area contributed by atoms with E-state index in [2.05, 4.69) is 38.4 Å². The number of nitrogens with zero attached hydrogens (tertiary/aromatic N) is 1. The summed E-state index contributed by atoms with van der Waals surface area (Å²) >= 11 is 3.96. The maximum atomic E-state index is 11.7. The number of carbonyl (C=O) groups is 2. The SMILES string of the molecule is C/C(=C/CCOC(=O)CC(O)C(C)(C)C=O)C(O)CCC(C)CC(C)C.CC=NC(/C=C\C)=C\S.CO. The average molecular weight is 544 g/mol. The van der Waals surface area contributed by atoms with Gasteiger partial charge < -0.3 is 24.9 Å². The molecule has 216 valence electrons. The van der Waals surface area contributed by atoms with Gasteiger partial charge in [0.05, 0.1) is 30.9 Å². The highest BCUT2D eigenvalue weighted by molar-refractivity contribution is 7.83. The molecule has 0 heterocycles. The van der Waals surface area contributed by atoms with Crippen LogP contribution >= 0.6 is 12.6 Å². The van der Waals surface area contributed by atoms with Crippen molar-refractivity contribution in [3.05, 3.63) is 34.9 Å². The van der Waals surface area contributed by atoms with E-state index in [1.807, 2.05) is 39.0 Å². The third-order valence-electron chi connectivity index (χ3n) is 5.45. The van der Waals surface area contributed by atoms with Crippen LogP contribution in [0.5, 0.6) is 0 Å². The fraction of sp³-hybridized carbons (Fsp3) is 0.690. The fourth-order valence-corrected chi connectivity index (χ4v) is 3.34. The molecule has 0 aromatic heterocycles. The highest BCUT2D eigenvalue weighted by atomic mass is 32.1. The predicted octanol–water partition coefficient (Wildman–Crippen LogP) is 5.70. The summed E-state index contributed by atoms with van der Waals surface area (Å²) in [6, 6.07) is 0. The van der Waals surface area contributed by atoms with E-state index in [1.54, 1.807) is 25.5 Å². The molecule has 3 unspecified atom stereocenters. The monoisotopic (exact) mass is 543 g/mol. The first-order valence-electron chi connectivity index (χ1n) is 12.9. The normalized spacial score (nSPS) is 15.0. The molecule has 0 aliphatic heterocycles. The Hall–Kier alpha value is -1.74. The molecule has 0 saturated heterocycles. The molecule has 3 atom stereocenters. The van der Waals surface area contributed by atoms with Crippen molar-refractivity contribution in [2.75, 3.05) is 13.7 Å². The van der Waals surface area contributed by atoms with Crippen LogP contribution in [0.4, 0.5) is 0 Å². The average Bonchev–Trinajstić information content (AvgIpc) is 2.85. The molecule has 0 amide bonds. The minimum absolute atomic E-state index is 0.195. The Labute approximate surface area is 231 Å². The number of hydrogen-bond donors (Lipinski definition) is 4. The molecule has 0 bridgehead atoms. The number of carbonyl (C=O) groups excluding carboxylic acids is 2. The summed E-state index contributed by atoms with van der Waals surface area (Å²) in [6.07, 6.45) is 9.77. The lowest BCUT2D eigenvalue weighted by Gasteiger charge is -2.23. The summed E-state index contributed by atoms with van der Waals surface area (Å²) in [5.41, 5.74) is 0.801. The standard InChI is InChI=1S/C21H38O5.C7H11NS.CH4O/c1-15(2)12-16(3)9-10-18(23)17(4)8-7-11-26-20(25)13-19(24)21(5,6)14-22;1-3-5-7(6-9)8-4-2;1-2/h8,14-16,18-19,23-24H,7,9-13H2,1-6H3;3-6,9H,1-2H3;2H,1H3/b17-8-;5-3-,7-6-,8-4?;. The summed E-state index contributed by atoms with van der Waals surface area (Å²) in [4.78, 5) is 26.5. The zero-order chi connectivity index (χ0) is 29.4. The van der Waals surface area contributed by atoms with Crippen LogP contribution in [0.3, 0.4) is 0 Å². The van der Waals surface area contributed by atoms with Crippen LogP contribution in [0.1, 0.15) is 87.5 Å². The first kappa shape index (κ1) is 39.8. The summed E-state index contributed by atoms with van der Waals surface area (Å²) in [6.45, 7) is 15.7. The number of aliphatic hydroxyl groups excluding tert-OH is 3. The molecule has 0 rings (SSSR count). The highest BCUT2D eigenvalue weighted by Gasteiger charge is 2.29. The van der Waals surface area contributed by atoms with Gasteiger partial charge in [-0.2, -0.15) is 0 Å². The minimum atomic E-state index is -1.06. The third-order valence-corrected chi connectivity index (χ3v) is 5.71. The van der Waals surface area contributed by atoms with E-state index in [1.165, 1.54) is 0 Å². The van der Waals surface area contributed by atoms with Gasteiger partial charge in [0, 0.05) is 18.7 Å². The quantitative estimate of drug-likeness (QED) is 0.0401. The second-order valence-corrected chi connectivity index (χ2v) is 10.1. The van der Waals surface area contributed by atoms with Crippen molar-refractivity contribution < 1.29 is 29.6 Å². The van der Waals surface area contributed by atoms with Crippen LogP contribution in [0.25, 0.3) is 0 Å². The second kappa shape index (κ2) is 24.6. The van der Waals surface area contributed by atoms with Crippen LogP contribution in [0.2, 0.25) is 0 Å². The Morgan fingerprint density at radius 2 is 1.70 bits per heavy atom. The van der Waals surface area contributed by atoms with Crippen molar-refractivity contribution in [1.82, 2.24) is 0 Å². The van der Waals surface area contributed by atoms with Gasteiger partial charge in [-0.3, -0.25) is 9.79 Å². The molecular formula is C29H53NO6S. The van der Waals surface area contributed by atoms with Crippen LogP contribution < -0.4 is 0 Å². The van der Waals surface area contributed by atoms with E-state index in [0.29, 0.717) is 24.5 Å². The van der Waals surface area contributed by atoms with Crippen molar-refractivity contribution in [2.45, 2.75) is 99.7 Å². The second-order valence-electron chi connectivity index (χ2n) is 9.89. The number of ether oxygens (including phenoxy) is 1. The number of thiol groups is 1. The summed E-state index contributed by atoms with van der Waals surface area (Å²) in [5.74, 6) is 0.742. The molecule has 37 heavy (non-hydrogen) atoms. The smallest absolute Gasteiger partial charge is 0.308 e. The number of esters is 1. The molecule has 0 aromatic rings. The number of hydrogen-bond acceptors (Lipinski definition) is 8. The largest absolute Gasteiger partial charge is 0.465 e. The van der Waals surface area contributed by atoms with Gasteiger partial charge in [-0.25, -0.2) is 0 Å². The Kier molecular flexibility index (Phi) is 26.4. The molecule has 0 fully saturated rings. The lowest BCUT2D eigenvalue weighted by molar-refractivity contribution is -0.148. The Bertz CT molecular complexity index is 699. The molecule has 3 N–H and O–H groups in total. The summed E-state index contributed by atoms with van der Waals surface area (Å²) in [7, 11) is 1.00.